The molecule has 1 rings (SSSR count). The molecule has 13 heavy (non-hydrogen) atoms. The lowest BCUT2D eigenvalue weighted by molar-refractivity contribution is 0.419. The van der Waals surface area contributed by atoms with E-state index in [1.54, 1.807) is 0 Å². The molecule has 0 aliphatic heterocycles. The smallest absolute Gasteiger partial charge is 0.00928 e. The van der Waals surface area contributed by atoms with Crippen LogP contribution in [0.2, 0.25) is 0 Å². The Bertz CT molecular complexity index is 134. The molecular weight excluding hydrogens is 178 g/mol. The summed E-state index contributed by atoms with van der Waals surface area (Å²) in [6, 6.07) is 0.810. The fourth-order valence-electron chi connectivity index (χ4n) is 1.84. The highest BCUT2D eigenvalue weighted by Crippen LogP contribution is 2.33. The second-order valence-electron chi connectivity index (χ2n) is 4.32. The van der Waals surface area contributed by atoms with E-state index in [9.17, 15) is 0 Å². The van der Waals surface area contributed by atoms with Crippen molar-refractivity contribution in [2.45, 2.75) is 39.2 Å². The third-order valence-corrected chi connectivity index (χ3v) is 3.71. The minimum absolute atomic E-state index is 0.810. The minimum atomic E-state index is 0.810. The van der Waals surface area contributed by atoms with Gasteiger partial charge in [0.1, 0.15) is 0 Å². The molecule has 0 aromatic rings. The van der Waals surface area contributed by atoms with Crippen molar-refractivity contribution < 1.29 is 0 Å². The second-order valence-corrected chi connectivity index (χ2v) is 5.23. The van der Waals surface area contributed by atoms with Gasteiger partial charge in [0.25, 0.3) is 0 Å². The normalized spacial score (nSPS) is 21.5. The lowest BCUT2D eigenvalue weighted by Crippen LogP contribution is -2.34. The van der Waals surface area contributed by atoms with Crippen LogP contribution in [0, 0.1) is 11.8 Å². The predicted octanol–water partition coefficient (Wildman–Crippen LogP) is 2.76. The SMILES string of the molecule is CCC(NCC(C)CSC)C1CC1. The van der Waals surface area contributed by atoms with Crippen molar-refractivity contribution in [2.24, 2.45) is 11.8 Å². The van der Waals surface area contributed by atoms with Crippen LogP contribution in [0.5, 0.6) is 0 Å². The molecule has 78 valence electrons. The summed E-state index contributed by atoms with van der Waals surface area (Å²) in [5.41, 5.74) is 0. The van der Waals surface area contributed by atoms with Gasteiger partial charge in [-0.2, -0.15) is 11.8 Å². The van der Waals surface area contributed by atoms with Gasteiger partial charge in [0, 0.05) is 6.04 Å². The van der Waals surface area contributed by atoms with E-state index >= 15 is 0 Å². The van der Waals surface area contributed by atoms with E-state index in [-0.39, 0.29) is 0 Å². The first-order chi connectivity index (χ1) is 6.27. The molecule has 2 atom stereocenters. The summed E-state index contributed by atoms with van der Waals surface area (Å²) in [6.45, 7) is 5.84. The Balaban J connectivity index is 2.07. The van der Waals surface area contributed by atoms with Crippen molar-refractivity contribution in [3.63, 3.8) is 0 Å². The van der Waals surface area contributed by atoms with E-state index in [4.69, 9.17) is 0 Å². The number of rotatable bonds is 7. The summed E-state index contributed by atoms with van der Waals surface area (Å²) in [6.07, 6.45) is 6.41. The zero-order valence-corrected chi connectivity index (χ0v) is 9.99. The molecule has 0 heterocycles. The molecule has 0 aromatic heterocycles. The highest BCUT2D eigenvalue weighted by molar-refractivity contribution is 7.98. The Hall–Kier alpha value is 0.310. The highest BCUT2D eigenvalue weighted by atomic mass is 32.2. The largest absolute Gasteiger partial charge is 0.313 e. The number of nitrogens with one attached hydrogen (secondary N) is 1. The molecule has 0 radical (unpaired) electrons. The molecule has 0 amide bonds. The fraction of sp³-hybridized carbons (Fsp3) is 1.00. The van der Waals surface area contributed by atoms with E-state index in [1.165, 1.54) is 31.6 Å². The Morgan fingerprint density at radius 1 is 1.46 bits per heavy atom. The third-order valence-electron chi connectivity index (χ3n) is 2.81. The Morgan fingerprint density at radius 3 is 2.62 bits per heavy atom. The van der Waals surface area contributed by atoms with Crippen molar-refractivity contribution in [2.75, 3.05) is 18.6 Å². The molecule has 0 saturated heterocycles. The van der Waals surface area contributed by atoms with Crippen LogP contribution in [-0.2, 0) is 0 Å². The van der Waals surface area contributed by atoms with Crippen LogP contribution in [-0.4, -0.2) is 24.6 Å². The predicted molar refractivity (Wildman–Crippen MR) is 62.4 cm³/mol. The van der Waals surface area contributed by atoms with Crippen LogP contribution in [0.4, 0.5) is 0 Å². The molecule has 1 aliphatic carbocycles. The number of hydrogen-bond acceptors (Lipinski definition) is 2. The van der Waals surface area contributed by atoms with Crippen molar-refractivity contribution in [1.82, 2.24) is 5.32 Å². The van der Waals surface area contributed by atoms with Gasteiger partial charge in [0.2, 0.25) is 0 Å². The molecule has 0 aromatic carbocycles. The molecule has 0 bridgehead atoms. The molecule has 1 saturated carbocycles. The molecule has 1 fully saturated rings. The molecule has 2 unspecified atom stereocenters. The van der Waals surface area contributed by atoms with E-state index in [2.05, 4.69) is 25.4 Å². The maximum absolute atomic E-state index is 3.70. The topological polar surface area (TPSA) is 12.0 Å². The van der Waals surface area contributed by atoms with Crippen LogP contribution in [0.15, 0.2) is 0 Å². The Morgan fingerprint density at radius 2 is 2.15 bits per heavy atom. The maximum atomic E-state index is 3.70. The van der Waals surface area contributed by atoms with Crippen LogP contribution in [0.1, 0.15) is 33.1 Å². The quantitative estimate of drug-likeness (QED) is 0.680. The number of thioether (sulfide) groups is 1. The standard InChI is InChI=1S/C11H23NS/c1-4-11(10-5-6-10)12-7-9(2)8-13-3/h9-12H,4-8H2,1-3H3. The van der Waals surface area contributed by atoms with Crippen LogP contribution >= 0.6 is 11.8 Å². The van der Waals surface area contributed by atoms with Crippen molar-refractivity contribution >= 4 is 11.8 Å². The molecular formula is C11H23NS. The first kappa shape index (κ1) is 11.4. The molecule has 1 nitrogen and oxygen atoms in total. The van der Waals surface area contributed by atoms with E-state index in [0.717, 1.165) is 17.9 Å². The van der Waals surface area contributed by atoms with Gasteiger partial charge in [-0.15, -0.1) is 0 Å². The first-order valence-corrected chi connectivity index (χ1v) is 6.89. The Kier molecular flexibility index (Phi) is 5.18. The monoisotopic (exact) mass is 201 g/mol. The summed E-state index contributed by atoms with van der Waals surface area (Å²) in [5, 5.41) is 3.70. The maximum Gasteiger partial charge on any atom is 0.00928 e. The summed E-state index contributed by atoms with van der Waals surface area (Å²) in [5.74, 6) is 3.11. The van der Waals surface area contributed by atoms with Gasteiger partial charge in [-0.25, -0.2) is 0 Å². The molecule has 1 N–H and O–H groups in total. The first-order valence-electron chi connectivity index (χ1n) is 5.50. The average molecular weight is 201 g/mol. The lowest BCUT2D eigenvalue weighted by atomic mass is 10.1. The van der Waals surface area contributed by atoms with Gasteiger partial charge in [0.15, 0.2) is 0 Å². The summed E-state index contributed by atoms with van der Waals surface area (Å²) >= 11 is 1.95. The van der Waals surface area contributed by atoms with Gasteiger partial charge >= 0.3 is 0 Å². The van der Waals surface area contributed by atoms with Gasteiger partial charge < -0.3 is 5.32 Å². The molecule has 2 heteroatoms. The van der Waals surface area contributed by atoms with Crippen LogP contribution in [0.25, 0.3) is 0 Å². The van der Waals surface area contributed by atoms with E-state index < -0.39 is 0 Å². The second kappa shape index (κ2) is 5.92. The molecule has 1 aliphatic rings. The van der Waals surface area contributed by atoms with Gasteiger partial charge in [-0.05, 0) is 49.7 Å². The average Bonchev–Trinajstić information content (AvgIpc) is 2.90. The van der Waals surface area contributed by atoms with Crippen LogP contribution in [0.3, 0.4) is 0 Å². The zero-order valence-electron chi connectivity index (χ0n) is 9.18. The zero-order chi connectivity index (χ0) is 9.68. The summed E-state index contributed by atoms with van der Waals surface area (Å²) in [4.78, 5) is 0. The van der Waals surface area contributed by atoms with E-state index in [0.29, 0.717) is 0 Å². The van der Waals surface area contributed by atoms with Gasteiger partial charge in [0.05, 0.1) is 0 Å². The summed E-state index contributed by atoms with van der Waals surface area (Å²) in [7, 11) is 0. The number of hydrogen-bond donors (Lipinski definition) is 1. The van der Waals surface area contributed by atoms with Crippen molar-refractivity contribution in [3.8, 4) is 0 Å². The highest BCUT2D eigenvalue weighted by Gasteiger charge is 2.29. The van der Waals surface area contributed by atoms with Gasteiger partial charge in [-0.1, -0.05) is 13.8 Å². The molecule has 0 spiro atoms. The third kappa shape index (κ3) is 4.37. The summed E-state index contributed by atoms with van der Waals surface area (Å²) < 4.78 is 0. The van der Waals surface area contributed by atoms with E-state index in [1.807, 2.05) is 11.8 Å². The fourth-order valence-corrected chi connectivity index (χ4v) is 2.53. The van der Waals surface area contributed by atoms with Crippen molar-refractivity contribution in [1.29, 1.82) is 0 Å². The van der Waals surface area contributed by atoms with Crippen LogP contribution < -0.4 is 5.32 Å². The lowest BCUT2D eigenvalue weighted by Gasteiger charge is -2.19. The van der Waals surface area contributed by atoms with Crippen molar-refractivity contribution in [3.05, 3.63) is 0 Å². The minimum Gasteiger partial charge on any atom is -0.313 e. The van der Waals surface area contributed by atoms with Gasteiger partial charge in [-0.3, -0.25) is 0 Å². The Labute approximate surface area is 87.1 Å².